The van der Waals surface area contributed by atoms with E-state index >= 15 is 0 Å². The van der Waals surface area contributed by atoms with E-state index in [2.05, 4.69) is 23.9 Å². The minimum Gasteiger partial charge on any atom is -0.383 e. The van der Waals surface area contributed by atoms with Gasteiger partial charge in [-0.3, -0.25) is 9.48 Å². The van der Waals surface area contributed by atoms with Crippen molar-refractivity contribution in [2.45, 2.75) is 33.9 Å². The van der Waals surface area contributed by atoms with Gasteiger partial charge in [0.1, 0.15) is 11.5 Å². The summed E-state index contributed by atoms with van der Waals surface area (Å²) in [4.78, 5) is 19.7. The summed E-state index contributed by atoms with van der Waals surface area (Å²) in [6.45, 7) is 8.37. The number of carbonyl (C=O) groups is 1. The third kappa shape index (κ3) is 4.24. The van der Waals surface area contributed by atoms with Gasteiger partial charge in [-0.15, -0.1) is 0 Å². The Morgan fingerprint density at radius 2 is 1.93 bits per heavy atom. The summed E-state index contributed by atoms with van der Waals surface area (Å²) in [5.41, 5.74) is 4.66. The average molecular weight is 396 g/mol. The van der Waals surface area contributed by atoms with Gasteiger partial charge in [0.15, 0.2) is 0 Å². The van der Waals surface area contributed by atoms with Crippen LogP contribution in [0.3, 0.4) is 0 Å². The Labute approximate surface area is 171 Å². The Balaban J connectivity index is 1.91. The lowest BCUT2D eigenvalue weighted by Crippen LogP contribution is -2.35. The van der Waals surface area contributed by atoms with Crippen molar-refractivity contribution in [1.82, 2.24) is 24.2 Å². The molecule has 3 aromatic rings. The maximum absolute atomic E-state index is 13.4. The summed E-state index contributed by atoms with van der Waals surface area (Å²) >= 11 is 0. The highest BCUT2D eigenvalue weighted by Crippen LogP contribution is 2.21. The maximum Gasteiger partial charge on any atom is 0.272 e. The minimum absolute atomic E-state index is 0.0673. The van der Waals surface area contributed by atoms with Crippen LogP contribution in [-0.4, -0.2) is 50.4 Å². The number of methoxy groups -OCH3 is 1. The lowest BCUT2D eigenvalue weighted by atomic mass is 10.1. The van der Waals surface area contributed by atoms with E-state index in [1.807, 2.05) is 58.5 Å². The predicted molar refractivity (Wildman–Crippen MR) is 113 cm³/mol. The van der Waals surface area contributed by atoms with E-state index in [-0.39, 0.29) is 5.91 Å². The van der Waals surface area contributed by atoms with Crippen LogP contribution in [0.15, 0.2) is 36.5 Å². The third-order valence-corrected chi connectivity index (χ3v) is 5.27. The average Bonchev–Trinajstić information content (AvgIpc) is 3.25. The van der Waals surface area contributed by atoms with Crippen LogP contribution in [0.1, 0.15) is 34.4 Å². The molecule has 7 nitrogen and oxygen atoms in total. The fourth-order valence-electron chi connectivity index (χ4n) is 3.54. The molecule has 0 saturated heterocycles. The van der Waals surface area contributed by atoms with Crippen molar-refractivity contribution >= 4 is 5.91 Å². The molecular weight excluding hydrogens is 366 g/mol. The molecule has 2 aromatic heterocycles. The van der Waals surface area contributed by atoms with Crippen LogP contribution in [0.25, 0.3) is 11.4 Å². The molecular formula is C22H29N5O2. The van der Waals surface area contributed by atoms with Gasteiger partial charge in [0.05, 0.1) is 18.5 Å². The smallest absolute Gasteiger partial charge is 0.272 e. The highest BCUT2D eigenvalue weighted by atomic mass is 16.5. The van der Waals surface area contributed by atoms with Crippen molar-refractivity contribution in [2.24, 2.45) is 7.05 Å². The molecule has 0 bridgehead atoms. The van der Waals surface area contributed by atoms with Crippen LogP contribution in [0.4, 0.5) is 0 Å². The van der Waals surface area contributed by atoms with Crippen molar-refractivity contribution < 1.29 is 9.53 Å². The van der Waals surface area contributed by atoms with E-state index in [1.165, 1.54) is 0 Å². The molecule has 0 aliphatic carbocycles. The lowest BCUT2D eigenvalue weighted by Gasteiger charge is -2.23. The summed E-state index contributed by atoms with van der Waals surface area (Å²) in [5.74, 6) is 0.703. The van der Waals surface area contributed by atoms with Crippen LogP contribution in [0, 0.1) is 13.8 Å². The maximum atomic E-state index is 13.4. The number of nitrogens with zero attached hydrogens (tertiary/aromatic N) is 5. The first-order valence-corrected chi connectivity index (χ1v) is 9.86. The number of carbonyl (C=O) groups excluding carboxylic acids is 1. The minimum atomic E-state index is -0.0673. The molecule has 0 fully saturated rings. The van der Waals surface area contributed by atoms with Gasteiger partial charge in [0, 0.05) is 50.6 Å². The zero-order valence-electron chi connectivity index (χ0n) is 17.8. The van der Waals surface area contributed by atoms with Crippen LogP contribution in [0.2, 0.25) is 0 Å². The zero-order chi connectivity index (χ0) is 21.0. The molecule has 0 unspecified atom stereocenters. The number of hydrogen-bond donors (Lipinski definition) is 0. The van der Waals surface area contributed by atoms with Crippen molar-refractivity contribution in [1.29, 1.82) is 0 Å². The molecule has 3 rings (SSSR count). The fourth-order valence-corrected chi connectivity index (χ4v) is 3.54. The number of rotatable bonds is 8. The summed E-state index contributed by atoms with van der Waals surface area (Å²) in [6.07, 6.45) is 1.65. The molecule has 0 N–H and O–H groups in total. The Hall–Kier alpha value is -2.93. The van der Waals surface area contributed by atoms with Crippen molar-refractivity contribution in [2.75, 3.05) is 20.3 Å². The molecule has 2 heterocycles. The van der Waals surface area contributed by atoms with Crippen molar-refractivity contribution in [3.63, 3.8) is 0 Å². The van der Waals surface area contributed by atoms with E-state index in [4.69, 9.17) is 4.74 Å². The summed E-state index contributed by atoms with van der Waals surface area (Å²) in [6, 6.07) is 9.88. The fraction of sp³-hybridized carbons (Fsp3) is 0.409. The number of ether oxygens (including phenoxy) is 1. The Bertz CT molecular complexity index is 975. The van der Waals surface area contributed by atoms with E-state index in [9.17, 15) is 4.79 Å². The zero-order valence-corrected chi connectivity index (χ0v) is 17.8. The molecule has 0 saturated carbocycles. The first-order valence-electron chi connectivity index (χ1n) is 9.86. The summed E-state index contributed by atoms with van der Waals surface area (Å²) < 4.78 is 9.08. The second kappa shape index (κ2) is 9.05. The lowest BCUT2D eigenvalue weighted by molar-refractivity contribution is 0.0670. The standard InChI is InChI=1S/C22H29N5O2/c1-6-27-17(3)19(16(2)24-27)15-26(12-13-29-5)22(28)20-14-23-21(25(20)4)18-10-8-7-9-11-18/h7-11,14H,6,12-13,15H2,1-5H3. The third-order valence-electron chi connectivity index (χ3n) is 5.27. The topological polar surface area (TPSA) is 65.2 Å². The Morgan fingerprint density at radius 3 is 2.55 bits per heavy atom. The molecule has 0 aliphatic heterocycles. The van der Waals surface area contributed by atoms with Gasteiger partial charge < -0.3 is 14.2 Å². The second-order valence-corrected chi connectivity index (χ2v) is 7.08. The van der Waals surface area contributed by atoms with Crippen molar-refractivity contribution in [3.8, 4) is 11.4 Å². The predicted octanol–water partition coefficient (Wildman–Crippen LogP) is 3.21. The molecule has 0 atom stereocenters. The van der Waals surface area contributed by atoms with Crippen LogP contribution in [-0.2, 0) is 24.9 Å². The Morgan fingerprint density at radius 1 is 1.21 bits per heavy atom. The van der Waals surface area contributed by atoms with Gasteiger partial charge in [0.25, 0.3) is 5.91 Å². The second-order valence-electron chi connectivity index (χ2n) is 7.08. The molecule has 0 radical (unpaired) electrons. The number of aryl methyl sites for hydroxylation is 2. The summed E-state index contributed by atoms with van der Waals surface area (Å²) in [5, 5.41) is 4.59. The van der Waals surface area contributed by atoms with Crippen LogP contribution in [0.5, 0.6) is 0 Å². The molecule has 29 heavy (non-hydrogen) atoms. The molecule has 1 amide bonds. The van der Waals surface area contributed by atoms with E-state index in [1.54, 1.807) is 13.3 Å². The van der Waals surface area contributed by atoms with Gasteiger partial charge >= 0.3 is 0 Å². The van der Waals surface area contributed by atoms with E-state index < -0.39 is 0 Å². The molecule has 1 aromatic carbocycles. The van der Waals surface area contributed by atoms with Crippen molar-refractivity contribution in [3.05, 3.63) is 59.2 Å². The monoisotopic (exact) mass is 395 g/mol. The SMILES string of the molecule is CCn1nc(C)c(CN(CCOC)C(=O)c2cnc(-c3ccccc3)n2C)c1C. The van der Waals surface area contributed by atoms with Gasteiger partial charge in [-0.25, -0.2) is 4.98 Å². The number of hydrogen-bond acceptors (Lipinski definition) is 4. The van der Waals surface area contributed by atoms with E-state index in [0.717, 1.165) is 34.9 Å². The normalized spacial score (nSPS) is 11.1. The van der Waals surface area contributed by atoms with Gasteiger partial charge in [-0.05, 0) is 20.8 Å². The first-order chi connectivity index (χ1) is 14.0. The molecule has 154 valence electrons. The largest absolute Gasteiger partial charge is 0.383 e. The molecule has 0 spiro atoms. The number of amides is 1. The van der Waals surface area contributed by atoms with Gasteiger partial charge in [0.2, 0.25) is 0 Å². The number of imidazole rings is 1. The summed E-state index contributed by atoms with van der Waals surface area (Å²) in [7, 11) is 3.52. The highest BCUT2D eigenvalue weighted by Gasteiger charge is 2.23. The van der Waals surface area contributed by atoms with Crippen LogP contribution < -0.4 is 0 Å². The molecule has 0 aliphatic rings. The molecule has 7 heteroatoms. The first kappa shape index (κ1) is 20.8. The number of aromatic nitrogens is 4. The van der Waals surface area contributed by atoms with E-state index in [0.29, 0.717) is 25.4 Å². The Kier molecular flexibility index (Phi) is 6.49. The van der Waals surface area contributed by atoms with Gasteiger partial charge in [-0.2, -0.15) is 5.10 Å². The number of benzene rings is 1. The quantitative estimate of drug-likeness (QED) is 0.587. The van der Waals surface area contributed by atoms with Crippen LogP contribution >= 0.6 is 0 Å². The highest BCUT2D eigenvalue weighted by molar-refractivity contribution is 5.93. The van der Waals surface area contributed by atoms with Gasteiger partial charge in [-0.1, -0.05) is 30.3 Å².